The van der Waals surface area contributed by atoms with Gasteiger partial charge in [0, 0.05) is 26.1 Å². The number of amides is 3. The molecule has 0 aliphatic carbocycles. The molecule has 0 saturated carbocycles. The molecule has 2 N–H and O–H groups in total. The van der Waals surface area contributed by atoms with Crippen molar-refractivity contribution in [3.63, 3.8) is 0 Å². The Morgan fingerprint density at radius 1 is 1.30 bits per heavy atom. The van der Waals surface area contributed by atoms with Crippen LogP contribution in [-0.2, 0) is 20.9 Å². The van der Waals surface area contributed by atoms with Crippen LogP contribution in [0.1, 0.15) is 18.4 Å². The van der Waals surface area contributed by atoms with Gasteiger partial charge in [-0.3, -0.25) is 9.59 Å². The molecule has 1 aliphatic rings. The fourth-order valence-electron chi connectivity index (χ4n) is 2.44. The highest BCUT2D eigenvalue weighted by atomic mass is 16.5. The van der Waals surface area contributed by atoms with Crippen LogP contribution in [-0.4, -0.2) is 49.0 Å². The van der Waals surface area contributed by atoms with E-state index in [0.717, 1.165) is 5.56 Å². The molecule has 2 rings (SSSR count). The largest absolute Gasteiger partial charge is 0.469 e. The molecule has 1 atom stereocenters. The van der Waals surface area contributed by atoms with Crippen molar-refractivity contribution in [1.82, 2.24) is 15.5 Å². The molecule has 7 nitrogen and oxygen atoms in total. The van der Waals surface area contributed by atoms with E-state index >= 15 is 0 Å². The number of carbonyl (C=O) groups is 3. The molecule has 0 radical (unpaired) electrons. The summed E-state index contributed by atoms with van der Waals surface area (Å²) in [6.07, 6.45) is 0.408. The molecule has 1 aromatic rings. The molecule has 0 spiro atoms. The van der Waals surface area contributed by atoms with E-state index in [1.165, 1.54) is 7.11 Å². The number of urea groups is 1. The number of carbonyl (C=O) groups excluding carboxylic acids is 3. The van der Waals surface area contributed by atoms with Crippen LogP contribution in [0.4, 0.5) is 4.79 Å². The van der Waals surface area contributed by atoms with Gasteiger partial charge in [-0.1, -0.05) is 30.3 Å². The normalized spacial score (nSPS) is 17.0. The molecule has 0 bridgehead atoms. The molecule has 23 heavy (non-hydrogen) atoms. The first-order valence-corrected chi connectivity index (χ1v) is 7.51. The third kappa shape index (κ3) is 5.28. The molecule has 124 valence electrons. The maximum atomic E-state index is 12.0. The Labute approximate surface area is 135 Å². The van der Waals surface area contributed by atoms with Gasteiger partial charge in [-0.15, -0.1) is 0 Å². The third-order valence-corrected chi connectivity index (χ3v) is 3.61. The van der Waals surface area contributed by atoms with Gasteiger partial charge in [0.05, 0.1) is 19.6 Å². The van der Waals surface area contributed by atoms with Crippen molar-refractivity contribution < 1.29 is 19.1 Å². The number of likely N-dealkylation sites (tertiary alicyclic amines) is 1. The smallest absolute Gasteiger partial charge is 0.315 e. The summed E-state index contributed by atoms with van der Waals surface area (Å²) >= 11 is 0. The SMILES string of the molecule is COC(=O)CCNC(=O)NC1CC(=O)N(Cc2ccccc2)C1. The highest BCUT2D eigenvalue weighted by molar-refractivity contribution is 5.81. The van der Waals surface area contributed by atoms with Gasteiger partial charge in [0.15, 0.2) is 0 Å². The van der Waals surface area contributed by atoms with E-state index in [1.807, 2.05) is 30.3 Å². The van der Waals surface area contributed by atoms with E-state index in [2.05, 4.69) is 15.4 Å². The number of methoxy groups -OCH3 is 1. The molecule has 1 heterocycles. The van der Waals surface area contributed by atoms with Gasteiger partial charge < -0.3 is 20.3 Å². The summed E-state index contributed by atoms with van der Waals surface area (Å²) in [6.45, 7) is 1.23. The molecule has 7 heteroatoms. The van der Waals surface area contributed by atoms with Crippen LogP contribution >= 0.6 is 0 Å². The van der Waals surface area contributed by atoms with Gasteiger partial charge in [-0.05, 0) is 5.56 Å². The number of nitrogens with one attached hydrogen (secondary N) is 2. The topological polar surface area (TPSA) is 87.7 Å². The summed E-state index contributed by atoms with van der Waals surface area (Å²) in [6, 6.07) is 9.12. The van der Waals surface area contributed by atoms with Gasteiger partial charge in [0.25, 0.3) is 0 Å². The number of nitrogens with zero attached hydrogens (tertiary/aromatic N) is 1. The molecule has 1 aliphatic heterocycles. The molecule has 1 fully saturated rings. The second-order valence-corrected chi connectivity index (χ2v) is 5.39. The minimum Gasteiger partial charge on any atom is -0.469 e. The zero-order chi connectivity index (χ0) is 16.7. The summed E-state index contributed by atoms with van der Waals surface area (Å²) in [4.78, 5) is 36.4. The molecule has 3 amide bonds. The van der Waals surface area contributed by atoms with Gasteiger partial charge in [0.1, 0.15) is 0 Å². The molecule has 1 unspecified atom stereocenters. The van der Waals surface area contributed by atoms with Crippen molar-refractivity contribution in [2.75, 3.05) is 20.2 Å². The van der Waals surface area contributed by atoms with Gasteiger partial charge in [-0.2, -0.15) is 0 Å². The fraction of sp³-hybridized carbons (Fsp3) is 0.438. The van der Waals surface area contributed by atoms with Crippen molar-refractivity contribution in [3.8, 4) is 0 Å². The molecular weight excluding hydrogens is 298 g/mol. The predicted octanol–water partition coefficient (Wildman–Crippen LogP) is 0.650. The van der Waals surface area contributed by atoms with Crippen molar-refractivity contribution >= 4 is 17.9 Å². The van der Waals surface area contributed by atoms with Crippen LogP contribution in [0.15, 0.2) is 30.3 Å². The van der Waals surface area contributed by atoms with E-state index in [-0.39, 0.29) is 43.3 Å². The summed E-state index contributed by atoms with van der Waals surface area (Å²) in [5.41, 5.74) is 1.06. The number of ether oxygens (including phenoxy) is 1. The minimum absolute atomic E-state index is 0.0220. The minimum atomic E-state index is -0.381. The highest BCUT2D eigenvalue weighted by Crippen LogP contribution is 2.14. The Bertz CT molecular complexity index is 562. The predicted molar refractivity (Wildman–Crippen MR) is 83.4 cm³/mol. The zero-order valence-electron chi connectivity index (χ0n) is 13.1. The van der Waals surface area contributed by atoms with Crippen LogP contribution in [0, 0.1) is 0 Å². The monoisotopic (exact) mass is 319 g/mol. The van der Waals surface area contributed by atoms with Crippen LogP contribution in [0.2, 0.25) is 0 Å². The van der Waals surface area contributed by atoms with E-state index in [0.29, 0.717) is 13.1 Å². The van der Waals surface area contributed by atoms with Crippen LogP contribution < -0.4 is 10.6 Å². The first-order valence-electron chi connectivity index (χ1n) is 7.51. The van der Waals surface area contributed by atoms with Gasteiger partial charge in [-0.25, -0.2) is 4.79 Å². The second kappa shape index (κ2) is 8.17. The van der Waals surface area contributed by atoms with Gasteiger partial charge in [0.2, 0.25) is 5.91 Å². The Morgan fingerprint density at radius 2 is 2.04 bits per heavy atom. The Kier molecular flexibility index (Phi) is 5.96. The van der Waals surface area contributed by atoms with Crippen LogP contribution in [0.5, 0.6) is 0 Å². The Balaban J connectivity index is 1.74. The van der Waals surface area contributed by atoms with Crippen molar-refractivity contribution in [1.29, 1.82) is 0 Å². The molecule has 0 aromatic heterocycles. The average molecular weight is 319 g/mol. The van der Waals surface area contributed by atoms with Crippen LogP contribution in [0.25, 0.3) is 0 Å². The summed E-state index contributed by atoms with van der Waals surface area (Å²) in [7, 11) is 1.30. The summed E-state index contributed by atoms with van der Waals surface area (Å²) < 4.78 is 4.49. The van der Waals surface area contributed by atoms with Crippen LogP contribution in [0.3, 0.4) is 0 Å². The summed E-state index contributed by atoms with van der Waals surface area (Å²) in [5.74, 6) is -0.357. The lowest BCUT2D eigenvalue weighted by Crippen LogP contribution is -2.43. The lowest BCUT2D eigenvalue weighted by molar-refractivity contribution is -0.140. The lowest BCUT2D eigenvalue weighted by Gasteiger charge is -2.17. The average Bonchev–Trinajstić information content (AvgIpc) is 2.87. The second-order valence-electron chi connectivity index (χ2n) is 5.39. The summed E-state index contributed by atoms with van der Waals surface area (Å²) in [5, 5.41) is 5.33. The number of benzene rings is 1. The first-order chi connectivity index (χ1) is 11.1. The van der Waals surface area contributed by atoms with E-state index < -0.39 is 0 Å². The number of esters is 1. The fourth-order valence-corrected chi connectivity index (χ4v) is 2.44. The van der Waals surface area contributed by atoms with E-state index in [9.17, 15) is 14.4 Å². The first kappa shape index (κ1) is 16.8. The van der Waals surface area contributed by atoms with E-state index in [4.69, 9.17) is 0 Å². The maximum Gasteiger partial charge on any atom is 0.315 e. The molecule has 1 aromatic carbocycles. The Morgan fingerprint density at radius 3 is 2.74 bits per heavy atom. The highest BCUT2D eigenvalue weighted by Gasteiger charge is 2.30. The van der Waals surface area contributed by atoms with E-state index in [1.54, 1.807) is 4.90 Å². The molecular formula is C16H21N3O4. The quantitative estimate of drug-likeness (QED) is 0.754. The zero-order valence-corrected chi connectivity index (χ0v) is 13.1. The van der Waals surface area contributed by atoms with Crippen molar-refractivity contribution in [2.45, 2.75) is 25.4 Å². The van der Waals surface area contributed by atoms with Crippen molar-refractivity contribution in [2.24, 2.45) is 0 Å². The number of hydrogen-bond donors (Lipinski definition) is 2. The van der Waals surface area contributed by atoms with Gasteiger partial charge >= 0.3 is 12.0 Å². The number of rotatable bonds is 6. The molecule has 1 saturated heterocycles. The third-order valence-electron chi connectivity index (χ3n) is 3.61. The Hall–Kier alpha value is -2.57. The lowest BCUT2D eigenvalue weighted by atomic mass is 10.2. The standard InChI is InChI=1S/C16H21N3O4/c1-23-15(21)7-8-17-16(22)18-13-9-14(20)19(11-13)10-12-5-3-2-4-6-12/h2-6,13H,7-11H2,1H3,(H2,17,18,22). The maximum absolute atomic E-state index is 12.0. The number of hydrogen-bond acceptors (Lipinski definition) is 4. The van der Waals surface area contributed by atoms with Crippen molar-refractivity contribution in [3.05, 3.63) is 35.9 Å².